The van der Waals surface area contributed by atoms with Gasteiger partial charge in [0, 0.05) is 6.42 Å². The maximum absolute atomic E-state index is 11.9. The molecular weight excluding hydrogens is 337 g/mol. The number of rotatable bonds is 16. The van der Waals surface area contributed by atoms with Gasteiger partial charge in [-0.05, 0) is 12.8 Å². The van der Waals surface area contributed by atoms with Crippen molar-refractivity contribution in [1.82, 2.24) is 0 Å². The standard InChI is InChI=1S/C18H31F3O4/c19-18(20,21)17(24)25-15-13-11-9-7-5-3-1-2-4-6-8-10-12-14-16(22)23/h1-15H2,(H,22,23). The SMILES string of the molecule is O=C(O)CCCCCCCCCCCCCCCOC(=O)C(F)(F)F. The topological polar surface area (TPSA) is 63.6 Å². The first kappa shape index (κ1) is 23.7. The molecule has 0 atom stereocenters. The lowest BCUT2D eigenvalue weighted by atomic mass is 10.0. The van der Waals surface area contributed by atoms with E-state index < -0.39 is 18.1 Å². The molecule has 7 heteroatoms. The van der Waals surface area contributed by atoms with Crippen molar-refractivity contribution in [3.8, 4) is 0 Å². The van der Waals surface area contributed by atoms with Gasteiger partial charge in [-0.2, -0.15) is 13.2 Å². The Bertz CT molecular complexity index is 357. The van der Waals surface area contributed by atoms with Crippen molar-refractivity contribution >= 4 is 11.9 Å². The molecule has 1 N–H and O–H groups in total. The summed E-state index contributed by atoms with van der Waals surface area (Å²) in [6, 6.07) is 0. The highest BCUT2D eigenvalue weighted by molar-refractivity contribution is 5.75. The van der Waals surface area contributed by atoms with Crippen molar-refractivity contribution < 1.29 is 32.6 Å². The number of hydrogen-bond acceptors (Lipinski definition) is 3. The Morgan fingerprint density at radius 2 is 1.04 bits per heavy atom. The quantitative estimate of drug-likeness (QED) is 0.283. The molecular formula is C18H31F3O4. The largest absolute Gasteiger partial charge is 0.490 e. The van der Waals surface area contributed by atoms with Crippen LogP contribution >= 0.6 is 0 Å². The van der Waals surface area contributed by atoms with E-state index in [1.807, 2.05) is 0 Å². The number of ether oxygens (including phenoxy) is 1. The van der Waals surface area contributed by atoms with Crippen LogP contribution in [0.2, 0.25) is 0 Å². The van der Waals surface area contributed by atoms with Crippen molar-refractivity contribution in [3.63, 3.8) is 0 Å². The summed E-state index contributed by atoms with van der Waals surface area (Å²) in [6.07, 6.45) is 8.55. The number of esters is 1. The molecule has 0 aromatic heterocycles. The smallest absolute Gasteiger partial charge is 0.481 e. The number of carbonyl (C=O) groups is 2. The summed E-state index contributed by atoms with van der Waals surface area (Å²) in [6.45, 7) is -0.162. The molecule has 0 unspecified atom stereocenters. The van der Waals surface area contributed by atoms with Gasteiger partial charge in [0.1, 0.15) is 0 Å². The van der Waals surface area contributed by atoms with E-state index in [1.54, 1.807) is 0 Å². The Balaban J connectivity index is 3.15. The molecule has 0 aliphatic heterocycles. The van der Waals surface area contributed by atoms with Gasteiger partial charge in [0.15, 0.2) is 0 Å². The molecule has 148 valence electrons. The fourth-order valence-corrected chi connectivity index (χ4v) is 2.57. The van der Waals surface area contributed by atoms with E-state index in [2.05, 4.69) is 4.74 Å². The first-order valence-corrected chi connectivity index (χ1v) is 9.30. The molecule has 0 radical (unpaired) electrons. The zero-order valence-corrected chi connectivity index (χ0v) is 14.9. The van der Waals surface area contributed by atoms with Crippen LogP contribution in [0.5, 0.6) is 0 Å². The van der Waals surface area contributed by atoms with Gasteiger partial charge in [0.2, 0.25) is 0 Å². The van der Waals surface area contributed by atoms with Gasteiger partial charge in [-0.25, -0.2) is 4.79 Å². The van der Waals surface area contributed by atoms with Crippen LogP contribution in [-0.2, 0) is 14.3 Å². The second kappa shape index (κ2) is 15.0. The van der Waals surface area contributed by atoms with E-state index in [0.717, 1.165) is 51.4 Å². The number of halogens is 3. The number of unbranched alkanes of at least 4 members (excludes halogenated alkanes) is 12. The first-order chi connectivity index (χ1) is 11.8. The van der Waals surface area contributed by atoms with Crippen LogP contribution in [-0.4, -0.2) is 29.8 Å². The third-order valence-corrected chi connectivity index (χ3v) is 4.00. The number of alkyl halides is 3. The molecule has 0 rings (SSSR count). The van der Waals surface area contributed by atoms with E-state index in [-0.39, 0.29) is 13.0 Å². The van der Waals surface area contributed by atoms with Crippen LogP contribution in [0, 0.1) is 0 Å². The normalized spacial score (nSPS) is 11.5. The Hall–Kier alpha value is -1.27. The third kappa shape index (κ3) is 17.3. The number of carboxylic acids is 1. The Morgan fingerprint density at radius 1 is 0.680 bits per heavy atom. The molecule has 0 saturated carbocycles. The highest BCUT2D eigenvalue weighted by atomic mass is 19.4. The molecule has 0 spiro atoms. The van der Waals surface area contributed by atoms with E-state index >= 15 is 0 Å². The predicted molar refractivity (Wildman–Crippen MR) is 89.3 cm³/mol. The Kier molecular flexibility index (Phi) is 14.3. The van der Waals surface area contributed by atoms with Gasteiger partial charge in [0.05, 0.1) is 6.61 Å². The van der Waals surface area contributed by atoms with Crippen LogP contribution in [0.1, 0.15) is 89.9 Å². The maximum atomic E-state index is 11.9. The van der Waals surface area contributed by atoms with Crippen molar-refractivity contribution in [2.24, 2.45) is 0 Å². The molecule has 0 bridgehead atoms. The molecule has 0 aromatic rings. The number of hydrogen-bond donors (Lipinski definition) is 1. The van der Waals surface area contributed by atoms with Crippen LogP contribution in [0.25, 0.3) is 0 Å². The minimum absolute atomic E-state index is 0.162. The van der Waals surface area contributed by atoms with Crippen molar-refractivity contribution in [2.75, 3.05) is 6.61 Å². The average molecular weight is 368 g/mol. The van der Waals surface area contributed by atoms with Gasteiger partial charge in [-0.15, -0.1) is 0 Å². The number of carboxylic acid groups (broad SMARTS) is 1. The second-order valence-corrected chi connectivity index (χ2v) is 6.37. The summed E-state index contributed by atoms with van der Waals surface area (Å²) in [7, 11) is 0. The van der Waals surface area contributed by atoms with Crippen LogP contribution in [0.4, 0.5) is 13.2 Å². The van der Waals surface area contributed by atoms with Gasteiger partial charge in [-0.3, -0.25) is 4.79 Å². The fraction of sp³-hybridized carbons (Fsp3) is 0.889. The van der Waals surface area contributed by atoms with Gasteiger partial charge in [-0.1, -0.05) is 70.6 Å². The molecule has 25 heavy (non-hydrogen) atoms. The van der Waals surface area contributed by atoms with Crippen molar-refractivity contribution in [1.29, 1.82) is 0 Å². The lowest BCUT2D eigenvalue weighted by Gasteiger charge is -2.07. The molecule has 0 saturated heterocycles. The maximum Gasteiger partial charge on any atom is 0.490 e. The van der Waals surface area contributed by atoms with Gasteiger partial charge < -0.3 is 9.84 Å². The highest BCUT2D eigenvalue weighted by Gasteiger charge is 2.40. The minimum Gasteiger partial charge on any atom is -0.481 e. The predicted octanol–water partition coefficient (Wildman–Crippen LogP) is 5.64. The molecule has 0 aliphatic carbocycles. The number of aliphatic carboxylic acids is 1. The zero-order chi connectivity index (χ0) is 19.0. The monoisotopic (exact) mass is 368 g/mol. The van der Waals surface area contributed by atoms with Gasteiger partial charge >= 0.3 is 18.1 Å². The Morgan fingerprint density at radius 3 is 1.40 bits per heavy atom. The molecule has 0 fully saturated rings. The van der Waals surface area contributed by atoms with Gasteiger partial charge in [0.25, 0.3) is 0 Å². The van der Waals surface area contributed by atoms with Crippen molar-refractivity contribution in [3.05, 3.63) is 0 Å². The lowest BCUT2D eigenvalue weighted by molar-refractivity contribution is -0.199. The van der Waals surface area contributed by atoms with Crippen LogP contribution in [0.3, 0.4) is 0 Å². The first-order valence-electron chi connectivity index (χ1n) is 9.30. The van der Waals surface area contributed by atoms with E-state index in [0.29, 0.717) is 6.42 Å². The summed E-state index contributed by atoms with van der Waals surface area (Å²) in [5, 5.41) is 8.51. The summed E-state index contributed by atoms with van der Waals surface area (Å²) in [5.74, 6) is -2.82. The summed E-state index contributed by atoms with van der Waals surface area (Å²) in [5.41, 5.74) is 0. The molecule has 0 heterocycles. The zero-order valence-electron chi connectivity index (χ0n) is 14.9. The van der Waals surface area contributed by atoms with Crippen LogP contribution < -0.4 is 0 Å². The molecule has 0 aliphatic rings. The summed E-state index contributed by atoms with van der Waals surface area (Å²) < 4.78 is 39.7. The van der Waals surface area contributed by atoms with E-state index in [9.17, 15) is 22.8 Å². The second-order valence-electron chi connectivity index (χ2n) is 6.37. The molecule has 4 nitrogen and oxygen atoms in total. The van der Waals surface area contributed by atoms with E-state index in [1.165, 1.54) is 25.7 Å². The summed E-state index contributed by atoms with van der Waals surface area (Å²) in [4.78, 5) is 20.8. The van der Waals surface area contributed by atoms with Crippen molar-refractivity contribution in [2.45, 2.75) is 96.1 Å². The number of carbonyl (C=O) groups excluding carboxylic acids is 1. The lowest BCUT2D eigenvalue weighted by Crippen LogP contribution is -2.25. The highest BCUT2D eigenvalue weighted by Crippen LogP contribution is 2.17. The van der Waals surface area contributed by atoms with E-state index in [4.69, 9.17) is 5.11 Å². The summed E-state index contributed by atoms with van der Waals surface area (Å²) >= 11 is 0. The fourth-order valence-electron chi connectivity index (χ4n) is 2.57. The molecule has 0 aromatic carbocycles. The third-order valence-electron chi connectivity index (χ3n) is 4.00. The minimum atomic E-state index is -4.89. The Labute approximate surface area is 148 Å². The van der Waals surface area contributed by atoms with Crippen LogP contribution in [0.15, 0.2) is 0 Å². The average Bonchev–Trinajstić information content (AvgIpc) is 2.53. The molecule has 0 amide bonds.